The topological polar surface area (TPSA) is 57.5 Å². The predicted octanol–water partition coefficient (Wildman–Crippen LogP) is 5.91. The molecule has 0 aromatic rings. The number of rotatable bonds is 6. The predicted molar refractivity (Wildman–Crippen MR) is 123 cm³/mol. The summed E-state index contributed by atoms with van der Waals surface area (Å²) in [7, 11) is 0. The van der Waals surface area contributed by atoms with E-state index in [1.54, 1.807) is 0 Å². The third-order valence-electron chi connectivity index (χ3n) is 8.27. The number of aliphatic hydroxyl groups excluding tert-OH is 1. The van der Waals surface area contributed by atoms with Gasteiger partial charge in [-0.3, -0.25) is 4.79 Å². The maximum Gasteiger partial charge on any atom is 0.165 e. The van der Waals surface area contributed by atoms with Crippen molar-refractivity contribution in [3.8, 4) is 0 Å². The van der Waals surface area contributed by atoms with Gasteiger partial charge in [-0.2, -0.15) is 0 Å². The molecule has 3 rings (SSSR count). The molecule has 3 saturated carbocycles. The van der Waals surface area contributed by atoms with Crippen LogP contribution in [0.2, 0.25) is 0 Å². The third kappa shape index (κ3) is 5.16. The Bertz CT molecular complexity index is 723. The van der Waals surface area contributed by atoms with Gasteiger partial charge >= 0.3 is 0 Å². The highest BCUT2D eigenvalue weighted by molar-refractivity contribution is 6.00. The minimum atomic E-state index is -0.565. The van der Waals surface area contributed by atoms with Gasteiger partial charge in [0.25, 0.3) is 0 Å². The first-order valence-corrected chi connectivity index (χ1v) is 12.0. The number of aliphatic hydroxyl groups is 2. The summed E-state index contributed by atoms with van der Waals surface area (Å²) >= 11 is 0. The molecule has 30 heavy (non-hydrogen) atoms. The van der Waals surface area contributed by atoms with Crippen LogP contribution in [0.15, 0.2) is 35.5 Å². The lowest BCUT2D eigenvalue weighted by molar-refractivity contribution is -0.117. The molecule has 0 aromatic heterocycles. The number of fused-ring (bicyclic) bond motifs is 1. The van der Waals surface area contributed by atoms with E-state index in [1.165, 1.54) is 37.7 Å². The second-order valence-electron chi connectivity index (χ2n) is 11.2. The monoisotopic (exact) mass is 414 g/mol. The fraction of sp³-hybridized carbons (Fsp3) is 0.741. The molecule has 0 heterocycles. The Hall–Kier alpha value is -1.19. The van der Waals surface area contributed by atoms with Crippen LogP contribution >= 0.6 is 0 Å². The average molecular weight is 415 g/mol. The lowest BCUT2D eigenvalue weighted by Crippen LogP contribution is -2.36. The zero-order valence-corrected chi connectivity index (χ0v) is 19.5. The smallest absolute Gasteiger partial charge is 0.165 e. The summed E-state index contributed by atoms with van der Waals surface area (Å²) in [5.74, 6) is 2.04. The average Bonchev–Trinajstić information content (AvgIpc) is 3.00. The molecule has 168 valence electrons. The van der Waals surface area contributed by atoms with E-state index in [4.69, 9.17) is 0 Å². The summed E-state index contributed by atoms with van der Waals surface area (Å²) in [4.78, 5) is 12.0. The van der Waals surface area contributed by atoms with E-state index in [1.807, 2.05) is 13.8 Å². The van der Waals surface area contributed by atoms with Crippen LogP contribution in [-0.2, 0) is 4.79 Å². The number of carbonyl (C=O) groups excluding carboxylic acids is 1. The highest BCUT2D eigenvalue weighted by Gasteiger charge is 2.50. The Morgan fingerprint density at radius 1 is 1.27 bits per heavy atom. The van der Waals surface area contributed by atoms with Crippen molar-refractivity contribution in [3.05, 3.63) is 35.5 Å². The number of carbonyl (C=O) groups is 1. The first-order valence-electron chi connectivity index (χ1n) is 12.0. The first kappa shape index (κ1) is 23.5. The van der Waals surface area contributed by atoms with Crippen LogP contribution in [0.3, 0.4) is 0 Å². The molecule has 0 saturated heterocycles. The van der Waals surface area contributed by atoms with Crippen LogP contribution in [0.4, 0.5) is 0 Å². The number of hydrogen-bond acceptors (Lipinski definition) is 3. The Morgan fingerprint density at radius 2 is 2.00 bits per heavy atom. The lowest BCUT2D eigenvalue weighted by Gasteiger charge is -2.44. The van der Waals surface area contributed by atoms with Crippen LogP contribution in [0.1, 0.15) is 91.9 Å². The Kier molecular flexibility index (Phi) is 7.14. The largest absolute Gasteiger partial charge is 0.392 e. The van der Waals surface area contributed by atoms with Crippen molar-refractivity contribution in [2.75, 3.05) is 0 Å². The van der Waals surface area contributed by atoms with E-state index >= 15 is 0 Å². The van der Waals surface area contributed by atoms with Gasteiger partial charge in [0.15, 0.2) is 5.78 Å². The third-order valence-corrected chi connectivity index (χ3v) is 8.27. The summed E-state index contributed by atoms with van der Waals surface area (Å²) in [6.07, 6.45) is 13.9. The highest BCUT2D eigenvalue weighted by Crippen LogP contribution is 2.60. The van der Waals surface area contributed by atoms with Crippen molar-refractivity contribution >= 4 is 5.78 Å². The van der Waals surface area contributed by atoms with Crippen molar-refractivity contribution in [2.45, 2.75) is 104 Å². The molecule has 3 nitrogen and oxygen atoms in total. The summed E-state index contributed by atoms with van der Waals surface area (Å²) in [6.45, 7) is 12.7. The van der Waals surface area contributed by atoms with Crippen LogP contribution in [0.25, 0.3) is 0 Å². The summed E-state index contributed by atoms with van der Waals surface area (Å²) in [6, 6.07) is 0. The molecule has 1 unspecified atom stereocenters. The molecule has 0 amide bonds. The molecule has 0 aromatic carbocycles. The Balaban J connectivity index is 1.71. The molecule has 0 bridgehead atoms. The number of allylic oxidation sites excluding steroid dienone is 4. The molecule has 3 aliphatic rings. The Labute approximate surface area is 183 Å². The van der Waals surface area contributed by atoms with Gasteiger partial charge in [0.1, 0.15) is 0 Å². The van der Waals surface area contributed by atoms with Gasteiger partial charge in [0, 0.05) is 12.0 Å². The standard InChI is InChI=1S/C27H42O3/c1-18(8-6-14-26(3,4)30)23-12-13-24-20(9-7-15-27(23,24)5)10-11-21-16-22(28)17-25(29)19(21)2/h10-11,18,22-24,28,30H,2,6-9,12-17H2,1,3-5H3/b20-10+,21-11-/t18-,22-,23-,24?,27-/m1/s1. The van der Waals surface area contributed by atoms with Gasteiger partial charge in [0.05, 0.1) is 11.7 Å². The van der Waals surface area contributed by atoms with E-state index in [0.717, 1.165) is 30.8 Å². The fourth-order valence-corrected chi connectivity index (χ4v) is 6.61. The molecular formula is C27H42O3. The second-order valence-corrected chi connectivity index (χ2v) is 11.2. The zero-order chi connectivity index (χ0) is 22.1. The van der Waals surface area contributed by atoms with Crippen molar-refractivity contribution in [1.29, 1.82) is 0 Å². The van der Waals surface area contributed by atoms with Gasteiger partial charge in [-0.15, -0.1) is 0 Å². The molecule has 3 fully saturated rings. The van der Waals surface area contributed by atoms with Crippen molar-refractivity contribution in [2.24, 2.45) is 23.2 Å². The van der Waals surface area contributed by atoms with Crippen LogP contribution < -0.4 is 0 Å². The van der Waals surface area contributed by atoms with Gasteiger partial charge in [-0.25, -0.2) is 0 Å². The maximum absolute atomic E-state index is 12.0. The number of ketones is 1. The van der Waals surface area contributed by atoms with Gasteiger partial charge < -0.3 is 10.2 Å². The van der Waals surface area contributed by atoms with E-state index in [-0.39, 0.29) is 12.2 Å². The second kappa shape index (κ2) is 9.12. The SMILES string of the molecule is C=C1C(=O)C[C@H](O)C/C1=C/C=C1\CCC[C@@]2(C)C1CC[C@@H]2[C@H](C)CCCC(C)(C)O. The molecule has 5 atom stereocenters. The summed E-state index contributed by atoms with van der Waals surface area (Å²) in [5.41, 5.74) is 2.82. The molecule has 2 N–H and O–H groups in total. The zero-order valence-electron chi connectivity index (χ0n) is 19.5. The summed E-state index contributed by atoms with van der Waals surface area (Å²) in [5, 5.41) is 20.0. The lowest BCUT2D eigenvalue weighted by atomic mass is 9.60. The number of Topliss-reactive ketones (excluding diaryl/α,β-unsaturated/α-hetero) is 1. The molecule has 0 aliphatic heterocycles. The minimum absolute atomic E-state index is 0.0207. The van der Waals surface area contributed by atoms with E-state index in [9.17, 15) is 15.0 Å². The van der Waals surface area contributed by atoms with Crippen molar-refractivity contribution in [1.82, 2.24) is 0 Å². The molecule has 3 heteroatoms. The van der Waals surface area contributed by atoms with Gasteiger partial charge in [-0.1, -0.05) is 51.0 Å². The number of hydrogen-bond donors (Lipinski definition) is 2. The van der Waals surface area contributed by atoms with E-state index in [0.29, 0.717) is 29.2 Å². The van der Waals surface area contributed by atoms with E-state index < -0.39 is 11.7 Å². The minimum Gasteiger partial charge on any atom is -0.392 e. The van der Waals surface area contributed by atoms with Crippen molar-refractivity contribution < 1.29 is 15.0 Å². The first-order chi connectivity index (χ1) is 14.0. The quantitative estimate of drug-likeness (QED) is 0.531. The fourth-order valence-electron chi connectivity index (χ4n) is 6.61. The van der Waals surface area contributed by atoms with Crippen LogP contribution in [0, 0.1) is 23.2 Å². The molecule has 0 radical (unpaired) electrons. The van der Waals surface area contributed by atoms with Crippen molar-refractivity contribution in [3.63, 3.8) is 0 Å². The summed E-state index contributed by atoms with van der Waals surface area (Å²) < 4.78 is 0. The highest BCUT2D eigenvalue weighted by atomic mass is 16.3. The molecular weight excluding hydrogens is 372 g/mol. The van der Waals surface area contributed by atoms with Gasteiger partial charge in [0.2, 0.25) is 0 Å². The van der Waals surface area contributed by atoms with E-state index in [2.05, 4.69) is 32.6 Å². The molecule has 0 spiro atoms. The maximum atomic E-state index is 12.0. The molecule has 3 aliphatic carbocycles. The Morgan fingerprint density at radius 3 is 2.70 bits per heavy atom. The van der Waals surface area contributed by atoms with Gasteiger partial charge in [-0.05, 0) is 87.5 Å². The normalized spacial score (nSPS) is 36.4. The van der Waals surface area contributed by atoms with Crippen LogP contribution in [-0.4, -0.2) is 27.7 Å². The van der Waals surface area contributed by atoms with Crippen LogP contribution in [0.5, 0.6) is 0 Å².